The molecule has 5 rings (SSSR count). The molecule has 186 valence electrons. The molecule has 0 bridgehead atoms. The number of hydrogen-bond donors (Lipinski definition) is 0. The van der Waals surface area contributed by atoms with Crippen molar-refractivity contribution in [3.63, 3.8) is 0 Å². The van der Waals surface area contributed by atoms with Gasteiger partial charge in [0.05, 0.1) is 12.2 Å². The molecule has 0 N–H and O–H groups in total. The Morgan fingerprint density at radius 3 is 2.22 bits per heavy atom. The van der Waals surface area contributed by atoms with Gasteiger partial charge < -0.3 is 4.90 Å². The summed E-state index contributed by atoms with van der Waals surface area (Å²) in [6.07, 6.45) is 3.00. The van der Waals surface area contributed by atoms with Crippen LogP contribution in [0.2, 0.25) is 0 Å². The summed E-state index contributed by atoms with van der Waals surface area (Å²) in [5.74, 6) is -0.619. The van der Waals surface area contributed by atoms with Crippen molar-refractivity contribution in [1.29, 1.82) is 0 Å². The highest BCUT2D eigenvalue weighted by Crippen LogP contribution is 2.39. The van der Waals surface area contributed by atoms with Gasteiger partial charge in [0.25, 0.3) is 0 Å². The minimum Gasteiger partial charge on any atom is -0.311 e. The van der Waals surface area contributed by atoms with E-state index in [1.165, 1.54) is 24.3 Å². The van der Waals surface area contributed by atoms with Crippen molar-refractivity contribution in [2.75, 3.05) is 31.1 Å². The summed E-state index contributed by atoms with van der Waals surface area (Å²) in [4.78, 5) is 30.1. The fourth-order valence-electron chi connectivity index (χ4n) is 5.54. The number of halogens is 2. The number of carbonyl (C=O) groups excluding carboxylic acids is 2. The van der Waals surface area contributed by atoms with E-state index in [1.54, 1.807) is 23.1 Å². The predicted molar refractivity (Wildman–Crippen MR) is 136 cm³/mol. The highest BCUT2D eigenvalue weighted by Gasteiger charge is 2.31. The van der Waals surface area contributed by atoms with Gasteiger partial charge >= 0.3 is 0 Å². The van der Waals surface area contributed by atoms with Crippen LogP contribution in [0.4, 0.5) is 14.5 Å². The van der Waals surface area contributed by atoms with Gasteiger partial charge in [-0.3, -0.25) is 14.5 Å². The third kappa shape index (κ3) is 5.24. The second kappa shape index (κ2) is 10.7. The molecule has 1 atom stereocenters. The number of piperidine rings is 1. The van der Waals surface area contributed by atoms with Gasteiger partial charge in [0.1, 0.15) is 11.6 Å². The van der Waals surface area contributed by atoms with Crippen molar-refractivity contribution in [2.45, 2.75) is 31.6 Å². The number of hydrogen-bond acceptors (Lipinski definition) is 3. The fraction of sp³-hybridized carbons (Fsp3) is 0.333. The maximum atomic E-state index is 14.3. The van der Waals surface area contributed by atoms with Crippen LogP contribution in [0.15, 0.2) is 72.8 Å². The normalized spacial score (nSPS) is 18.9. The lowest BCUT2D eigenvalue weighted by molar-refractivity contribution is -0.120. The number of ketones is 1. The van der Waals surface area contributed by atoms with Crippen LogP contribution in [-0.4, -0.2) is 42.8 Å². The average Bonchev–Trinajstić information content (AvgIpc) is 3.09. The number of benzene rings is 3. The van der Waals surface area contributed by atoms with Crippen molar-refractivity contribution >= 4 is 17.4 Å². The zero-order valence-corrected chi connectivity index (χ0v) is 20.2. The first-order valence-electron chi connectivity index (χ1n) is 12.7. The smallest absolute Gasteiger partial charge is 0.241 e. The Morgan fingerprint density at radius 2 is 1.50 bits per heavy atom. The Bertz CT molecular complexity index is 1220. The van der Waals surface area contributed by atoms with Crippen LogP contribution >= 0.6 is 0 Å². The molecule has 0 spiro atoms. The molecule has 2 aliphatic heterocycles. The first-order valence-corrected chi connectivity index (χ1v) is 12.7. The lowest BCUT2D eigenvalue weighted by atomic mass is 9.87. The molecule has 3 aromatic rings. The van der Waals surface area contributed by atoms with Gasteiger partial charge in [-0.25, -0.2) is 8.78 Å². The number of anilines is 1. The molecule has 1 fully saturated rings. The largest absolute Gasteiger partial charge is 0.311 e. The molecule has 36 heavy (non-hydrogen) atoms. The first kappa shape index (κ1) is 24.3. The third-order valence-electron chi connectivity index (χ3n) is 7.48. The van der Waals surface area contributed by atoms with Crippen LogP contribution in [-0.2, 0) is 4.79 Å². The standard InChI is InChI=1S/C30H30F2N2O2/c31-24-10-8-21(9-11-24)26-7-4-16-34(28-19-25(32)12-13-27(26)28)29(35)20-33-17-14-23(15-18-33)30(36)22-5-2-1-3-6-22/h1-3,5-6,8-13,19,23,26H,4,7,14-18,20H2. The van der Waals surface area contributed by atoms with Gasteiger partial charge in [-0.15, -0.1) is 0 Å². The topological polar surface area (TPSA) is 40.6 Å². The second-order valence-corrected chi connectivity index (χ2v) is 9.78. The van der Waals surface area contributed by atoms with E-state index in [-0.39, 0.29) is 41.7 Å². The second-order valence-electron chi connectivity index (χ2n) is 9.78. The van der Waals surface area contributed by atoms with Gasteiger partial charge in [0.2, 0.25) is 5.91 Å². The summed E-state index contributed by atoms with van der Waals surface area (Å²) in [5, 5.41) is 0. The summed E-state index contributed by atoms with van der Waals surface area (Å²) < 4.78 is 27.8. The minimum atomic E-state index is -0.383. The summed E-state index contributed by atoms with van der Waals surface area (Å²) in [6, 6.07) is 20.4. The van der Waals surface area contributed by atoms with Crippen molar-refractivity contribution in [1.82, 2.24) is 4.90 Å². The monoisotopic (exact) mass is 488 g/mol. The quantitative estimate of drug-likeness (QED) is 0.425. The summed E-state index contributed by atoms with van der Waals surface area (Å²) in [6.45, 7) is 2.10. The molecule has 0 aliphatic carbocycles. The Balaban J connectivity index is 1.28. The number of carbonyl (C=O) groups is 2. The van der Waals surface area contributed by atoms with E-state index < -0.39 is 0 Å². The molecule has 1 saturated heterocycles. The summed E-state index contributed by atoms with van der Waals surface area (Å²) in [7, 11) is 0. The van der Waals surface area contributed by atoms with Crippen LogP contribution in [0, 0.1) is 17.6 Å². The number of rotatable bonds is 5. The van der Waals surface area contributed by atoms with Crippen molar-refractivity contribution in [3.8, 4) is 0 Å². The van der Waals surface area contributed by atoms with E-state index in [4.69, 9.17) is 0 Å². The van der Waals surface area contributed by atoms with E-state index in [0.29, 0.717) is 25.3 Å². The van der Waals surface area contributed by atoms with Gasteiger partial charge in [-0.2, -0.15) is 0 Å². The van der Waals surface area contributed by atoms with Gasteiger partial charge in [0, 0.05) is 23.9 Å². The van der Waals surface area contributed by atoms with Gasteiger partial charge in [0.15, 0.2) is 5.78 Å². The molecule has 2 heterocycles. The number of fused-ring (bicyclic) bond motifs is 1. The number of nitrogens with zero attached hydrogens (tertiary/aromatic N) is 2. The van der Waals surface area contributed by atoms with Gasteiger partial charge in [-0.05, 0) is 74.2 Å². The lowest BCUT2D eigenvalue weighted by Crippen LogP contribution is -2.44. The third-order valence-corrected chi connectivity index (χ3v) is 7.48. The lowest BCUT2D eigenvalue weighted by Gasteiger charge is -2.33. The highest BCUT2D eigenvalue weighted by atomic mass is 19.1. The molecule has 0 radical (unpaired) electrons. The number of Topliss-reactive ketones (excluding diaryl/α,β-unsaturated/α-hetero) is 1. The van der Waals surface area contributed by atoms with Crippen molar-refractivity contribution in [2.24, 2.45) is 5.92 Å². The van der Waals surface area contributed by atoms with E-state index in [0.717, 1.165) is 42.4 Å². The van der Waals surface area contributed by atoms with E-state index in [1.807, 2.05) is 30.3 Å². The van der Waals surface area contributed by atoms with Crippen LogP contribution in [0.5, 0.6) is 0 Å². The SMILES string of the molecule is O=C(c1ccccc1)C1CCN(CC(=O)N2CCCC(c3ccc(F)cc3)c3ccc(F)cc32)CC1. The Kier molecular flexibility index (Phi) is 7.23. The molecule has 4 nitrogen and oxygen atoms in total. The van der Waals surface area contributed by atoms with Crippen molar-refractivity contribution in [3.05, 3.63) is 101 Å². The molecule has 1 unspecified atom stereocenters. The van der Waals surface area contributed by atoms with Gasteiger partial charge in [-0.1, -0.05) is 48.5 Å². The van der Waals surface area contributed by atoms with Crippen molar-refractivity contribution < 1.29 is 18.4 Å². The van der Waals surface area contributed by atoms with E-state index in [9.17, 15) is 18.4 Å². The minimum absolute atomic E-state index is 0.0248. The van der Waals surface area contributed by atoms with Crippen LogP contribution < -0.4 is 4.90 Å². The molecule has 0 aromatic heterocycles. The fourth-order valence-corrected chi connectivity index (χ4v) is 5.54. The molecule has 0 saturated carbocycles. The highest BCUT2D eigenvalue weighted by molar-refractivity contribution is 5.98. The zero-order chi connectivity index (χ0) is 25.1. The molecule has 6 heteroatoms. The Morgan fingerprint density at radius 1 is 0.806 bits per heavy atom. The molecule has 3 aromatic carbocycles. The summed E-state index contributed by atoms with van der Waals surface area (Å²) >= 11 is 0. The maximum absolute atomic E-state index is 14.3. The Hall–Kier alpha value is -3.38. The number of likely N-dealkylation sites (tertiary alicyclic amines) is 1. The molecular formula is C30H30F2N2O2. The molecular weight excluding hydrogens is 458 g/mol. The Labute approximate surface area is 210 Å². The van der Waals surface area contributed by atoms with E-state index >= 15 is 0 Å². The molecule has 2 aliphatic rings. The summed E-state index contributed by atoms with van der Waals surface area (Å²) in [5.41, 5.74) is 3.19. The van der Waals surface area contributed by atoms with Crippen LogP contribution in [0.25, 0.3) is 0 Å². The predicted octanol–water partition coefficient (Wildman–Crippen LogP) is 5.82. The van der Waals surface area contributed by atoms with Crippen LogP contribution in [0.1, 0.15) is 53.1 Å². The average molecular weight is 489 g/mol. The molecule has 1 amide bonds. The maximum Gasteiger partial charge on any atom is 0.241 e. The first-order chi connectivity index (χ1) is 17.5. The zero-order valence-electron chi connectivity index (χ0n) is 20.2. The van der Waals surface area contributed by atoms with E-state index in [2.05, 4.69) is 4.90 Å². The van der Waals surface area contributed by atoms with Crippen LogP contribution in [0.3, 0.4) is 0 Å². The number of amides is 1.